The van der Waals surface area contributed by atoms with Crippen molar-refractivity contribution in [1.29, 1.82) is 0 Å². The second-order valence-corrected chi connectivity index (χ2v) is 31.7. The molecule has 20 rings (SSSR count). The van der Waals surface area contributed by atoms with Gasteiger partial charge in [0.15, 0.2) is 34.9 Å². The maximum Gasteiger partial charge on any atom is 0.330 e. The molecular formula is C98H69BBrN8O2S2. The minimum Gasteiger partial charge on any atom is -0.427 e. The molecule has 14 heteroatoms. The monoisotopic (exact) mass is 1540 g/mol. The highest BCUT2D eigenvalue weighted by Crippen LogP contribution is 2.43. The molecule has 1 N–H and O–H groups in total. The van der Waals surface area contributed by atoms with Gasteiger partial charge in [0.05, 0.1) is 11.2 Å². The molecule has 0 spiro atoms. The van der Waals surface area contributed by atoms with Crippen molar-refractivity contribution in [3.05, 3.63) is 344 Å². The quantitative estimate of drug-likeness (QED) is 0.0879. The lowest BCUT2D eigenvalue weighted by molar-refractivity contribution is -0.0893. The van der Waals surface area contributed by atoms with Gasteiger partial charge < -0.3 is 9.76 Å². The molecule has 0 fully saturated rings. The van der Waals surface area contributed by atoms with E-state index in [0.717, 1.165) is 103 Å². The van der Waals surface area contributed by atoms with Crippen LogP contribution in [0, 0.1) is 0 Å². The van der Waals surface area contributed by atoms with Gasteiger partial charge in [-0.1, -0.05) is 272 Å². The lowest BCUT2D eigenvalue weighted by Crippen LogP contribution is -2.49. The molecule has 112 heavy (non-hydrogen) atoms. The summed E-state index contributed by atoms with van der Waals surface area (Å²) in [5, 5.41) is 25.3. The second-order valence-electron chi connectivity index (χ2n) is 28.7. The summed E-state index contributed by atoms with van der Waals surface area (Å²) in [5.41, 5.74) is 10.8. The van der Waals surface area contributed by atoms with E-state index in [1.807, 2.05) is 154 Å². The Morgan fingerprint density at radius 3 is 1.07 bits per heavy atom. The van der Waals surface area contributed by atoms with E-state index in [0.29, 0.717) is 34.9 Å². The first kappa shape index (κ1) is 71.0. The van der Waals surface area contributed by atoms with Gasteiger partial charge in [-0.3, -0.25) is 0 Å². The van der Waals surface area contributed by atoms with Crippen LogP contribution in [0.5, 0.6) is 0 Å². The Kier molecular flexibility index (Phi) is 19.2. The first-order chi connectivity index (χ1) is 54.8. The highest BCUT2D eigenvalue weighted by atomic mass is 79.9. The summed E-state index contributed by atoms with van der Waals surface area (Å²) in [7, 11) is 1.73. The van der Waals surface area contributed by atoms with Crippen molar-refractivity contribution in [3.8, 4) is 102 Å². The Bertz CT molecular complexity index is 6820. The predicted molar refractivity (Wildman–Crippen MR) is 471 cm³/mol. The van der Waals surface area contributed by atoms with Crippen LogP contribution in [-0.2, 0) is 4.65 Å². The Balaban J connectivity index is 0.000000133. The van der Waals surface area contributed by atoms with Crippen molar-refractivity contribution >= 4 is 135 Å². The highest BCUT2D eigenvalue weighted by Gasteiger charge is 2.36. The molecule has 0 unspecified atom stereocenters. The van der Waals surface area contributed by atoms with Gasteiger partial charge in [-0.2, -0.15) is 0 Å². The van der Waals surface area contributed by atoms with Crippen molar-refractivity contribution in [3.63, 3.8) is 0 Å². The van der Waals surface area contributed by atoms with Gasteiger partial charge in [0.25, 0.3) is 0 Å². The molecule has 0 bridgehead atoms. The number of pyridine rings is 2. The van der Waals surface area contributed by atoms with Crippen molar-refractivity contribution in [1.82, 2.24) is 39.9 Å². The minimum atomic E-state index is -1.07. The number of aliphatic hydroxyl groups is 1. The smallest absolute Gasteiger partial charge is 0.330 e. The fourth-order valence-corrected chi connectivity index (χ4v) is 16.6. The number of benzene rings is 14. The van der Waals surface area contributed by atoms with Gasteiger partial charge in [0.2, 0.25) is 0 Å². The standard InChI is InChI=1S/C46H28N4S.C41H35BN3O2.C11H6BrNS/c1-3-13-29(14-4-1)43-48-44(30-15-5-2-6-16-30)50-45(49-43)34-24-32(35-27-41-39-21-11-12-22-42(39)51-46(41)47-28-35)23-33(25-34)40-26-31-17-7-8-18-36(31)37-19-9-10-20-38(37)40;1-40(2,46)41(3,4)47-42-32-24-30(36-26-29-19-11-12-20-33(29)34-21-13-14-22-35(34)36)23-31(25-32)39-44-37(27-15-7-5-8-16-27)43-38(45-39)28-17-9-6-10-18-28;12-7-5-9-8-3-1-2-4-10(8)14-11(9)13-6-7/h1-28H;5-26,46H,1-4H3;1-6H. The number of halogens is 1. The number of aromatic nitrogens is 8. The van der Waals surface area contributed by atoms with E-state index in [-0.39, 0.29) is 0 Å². The number of nitrogens with zero attached hydrogens (tertiary/aromatic N) is 8. The van der Waals surface area contributed by atoms with Gasteiger partial charge >= 0.3 is 7.48 Å². The Morgan fingerprint density at radius 1 is 0.295 bits per heavy atom. The second kappa shape index (κ2) is 30.3. The molecule has 0 atom stereocenters. The summed E-state index contributed by atoms with van der Waals surface area (Å²) in [6.07, 6.45) is 3.84. The van der Waals surface area contributed by atoms with Crippen molar-refractivity contribution in [2.24, 2.45) is 0 Å². The van der Waals surface area contributed by atoms with Crippen molar-refractivity contribution < 1.29 is 9.76 Å². The number of hydrogen-bond acceptors (Lipinski definition) is 12. The average molecular weight is 1550 g/mol. The van der Waals surface area contributed by atoms with Crippen LogP contribution >= 0.6 is 38.6 Å². The zero-order valence-corrected chi connectivity index (χ0v) is 64.8. The van der Waals surface area contributed by atoms with Crippen LogP contribution in [0.2, 0.25) is 0 Å². The summed E-state index contributed by atoms with van der Waals surface area (Å²) in [6.45, 7) is 7.28. The van der Waals surface area contributed by atoms with Gasteiger partial charge in [0, 0.05) is 86.8 Å². The summed E-state index contributed by atoms with van der Waals surface area (Å²) < 4.78 is 9.85. The molecule has 0 saturated heterocycles. The van der Waals surface area contributed by atoms with Crippen LogP contribution in [0.1, 0.15) is 27.7 Å². The van der Waals surface area contributed by atoms with E-state index >= 15 is 0 Å². The maximum absolute atomic E-state index is 10.8. The third kappa shape index (κ3) is 14.4. The molecule has 10 nitrogen and oxygen atoms in total. The molecule has 6 heterocycles. The number of thiophene rings is 2. The molecule has 0 saturated carbocycles. The molecule has 0 aliphatic rings. The van der Waals surface area contributed by atoms with Crippen molar-refractivity contribution in [2.75, 3.05) is 0 Å². The summed E-state index contributed by atoms with van der Waals surface area (Å²) >= 11 is 6.91. The lowest BCUT2D eigenvalue weighted by atomic mass is 9.80. The van der Waals surface area contributed by atoms with E-state index in [9.17, 15) is 5.11 Å². The van der Waals surface area contributed by atoms with E-state index < -0.39 is 11.2 Å². The summed E-state index contributed by atoms with van der Waals surface area (Å²) in [5.74, 6) is 3.64. The maximum atomic E-state index is 10.8. The van der Waals surface area contributed by atoms with Gasteiger partial charge in [-0.25, -0.2) is 39.9 Å². The van der Waals surface area contributed by atoms with Crippen LogP contribution in [-0.4, -0.2) is 63.7 Å². The topological polar surface area (TPSA) is 133 Å². The van der Waals surface area contributed by atoms with Crippen molar-refractivity contribution in [2.45, 2.75) is 38.9 Å². The third-order valence-corrected chi connectivity index (χ3v) is 23.3. The Morgan fingerprint density at radius 2 is 0.625 bits per heavy atom. The first-order valence-corrected chi connectivity index (χ1v) is 39.5. The van der Waals surface area contributed by atoms with E-state index in [4.69, 9.17) is 39.5 Å². The summed E-state index contributed by atoms with van der Waals surface area (Å²) in [6, 6.07) is 113. The molecule has 535 valence electrons. The Labute approximate surface area is 665 Å². The fourth-order valence-electron chi connectivity index (χ4n) is 14.3. The molecule has 0 aliphatic heterocycles. The largest absolute Gasteiger partial charge is 0.427 e. The van der Waals surface area contributed by atoms with E-state index in [1.54, 1.807) is 44.0 Å². The zero-order valence-electron chi connectivity index (χ0n) is 61.5. The first-order valence-electron chi connectivity index (χ1n) is 37.1. The van der Waals surface area contributed by atoms with Gasteiger partial charge in [-0.05, 0) is 175 Å². The molecular weight excluding hydrogens is 1480 g/mol. The van der Waals surface area contributed by atoms with Gasteiger partial charge in [0.1, 0.15) is 9.66 Å². The van der Waals surface area contributed by atoms with E-state index in [1.165, 1.54) is 57.9 Å². The van der Waals surface area contributed by atoms with Crippen LogP contribution in [0.25, 0.3) is 185 Å². The van der Waals surface area contributed by atoms with Crippen LogP contribution in [0.15, 0.2) is 344 Å². The molecule has 0 amide bonds. The minimum absolute atomic E-state index is 0.557. The molecule has 14 aromatic carbocycles. The number of rotatable bonds is 13. The zero-order chi connectivity index (χ0) is 75.9. The molecule has 0 aliphatic carbocycles. The van der Waals surface area contributed by atoms with E-state index in [2.05, 4.69) is 221 Å². The molecule has 6 aromatic heterocycles. The fraction of sp³-hybridized carbons (Fsp3) is 0.0612. The van der Waals surface area contributed by atoms with Crippen LogP contribution < -0.4 is 5.46 Å². The molecule has 20 aromatic rings. The molecule has 1 radical (unpaired) electrons. The third-order valence-electron chi connectivity index (χ3n) is 20.7. The lowest BCUT2D eigenvalue weighted by Gasteiger charge is -2.37. The van der Waals surface area contributed by atoms with Crippen LogP contribution in [0.4, 0.5) is 0 Å². The average Bonchev–Trinajstić information content (AvgIpc) is 0.781. The van der Waals surface area contributed by atoms with Crippen LogP contribution in [0.3, 0.4) is 0 Å². The number of hydrogen-bond donors (Lipinski definition) is 1. The number of fused-ring (bicyclic) bond motifs is 12. The SMILES string of the molecule is Brc1cnc2sc3ccccc3c2c1.CC(C)(O)C(C)(C)O[B]c1cc(-c2nc(-c3ccccc3)nc(-c3ccccc3)n2)cc(-c2cc3ccccc3c3ccccc23)c1.c1ccc(-c2nc(-c3ccccc3)nc(-c3cc(-c4cnc5sc6ccccc6c5c4)cc(-c4cc5ccccc5c5ccccc45)c3)n2)cc1. The predicted octanol–water partition coefficient (Wildman–Crippen LogP) is 25.1. The summed E-state index contributed by atoms with van der Waals surface area (Å²) in [4.78, 5) is 41.7. The van der Waals surface area contributed by atoms with Gasteiger partial charge in [-0.15, -0.1) is 22.7 Å². The highest BCUT2D eigenvalue weighted by molar-refractivity contribution is 9.10. The Hall–Kier alpha value is -12.7. The normalized spacial score (nSPS) is 11.7.